The Morgan fingerprint density at radius 1 is 1.12 bits per heavy atom. The number of carbonyl (C=O) groups excluding carboxylic acids is 1. The fraction of sp³-hybridized carbons (Fsp3) is 0.235. The number of benzene rings is 2. The third-order valence-corrected chi connectivity index (χ3v) is 3.46. The molecule has 0 aliphatic rings. The molecule has 0 saturated heterocycles. The largest absolute Gasteiger partial charge is 0.492 e. The number of para-hydroxylation sites is 1. The lowest BCUT2D eigenvalue weighted by molar-refractivity contribution is -0.137. The maximum absolute atomic E-state index is 12.6. The van der Waals surface area contributed by atoms with E-state index in [-0.39, 0.29) is 5.69 Å². The Labute approximate surface area is 147 Å². The van der Waals surface area contributed by atoms with Crippen molar-refractivity contribution in [2.45, 2.75) is 12.6 Å². The van der Waals surface area contributed by atoms with Gasteiger partial charge in [0, 0.05) is 12.2 Å². The van der Waals surface area contributed by atoms with Gasteiger partial charge in [-0.25, -0.2) is 4.79 Å². The van der Waals surface area contributed by atoms with Gasteiger partial charge in [0.2, 0.25) is 0 Å². The molecule has 0 bridgehead atoms. The molecule has 0 aliphatic carbocycles. The van der Waals surface area contributed by atoms with Crippen molar-refractivity contribution >= 4 is 23.3 Å². The van der Waals surface area contributed by atoms with Crippen LogP contribution in [0.3, 0.4) is 0 Å². The Hall–Kier alpha value is -2.41. The third kappa shape index (κ3) is 6.19. The van der Waals surface area contributed by atoms with Crippen LogP contribution in [-0.4, -0.2) is 19.2 Å². The smallest absolute Gasteiger partial charge is 0.416 e. The molecule has 0 spiro atoms. The summed E-state index contributed by atoms with van der Waals surface area (Å²) in [5, 5.41) is 5.40. The number of urea groups is 1. The molecule has 0 aliphatic heterocycles. The Bertz CT molecular complexity index is 723. The van der Waals surface area contributed by atoms with Gasteiger partial charge in [0.15, 0.2) is 0 Å². The number of anilines is 1. The van der Waals surface area contributed by atoms with Gasteiger partial charge in [-0.2, -0.15) is 13.2 Å². The standard InChI is InChI=1S/C17H16ClF3N2O2/c18-14-7-1-2-8-15(14)25-10-4-9-22-16(24)23-13-6-3-5-12(11-13)17(19,20)21/h1-3,5-8,11H,4,9-10H2,(H2,22,23,24). The summed E-state index contributed by atoms with van der Waals surface area (Å²) in [6.07, 6.45) is -3.94. The molecule has 0 saturated carbocycles. The van der Waals surface area contributed by atoms with Crippen LogP contribution in [0.25, 0.3) is 0 Å². The summed E-state index contributed by atoms with van der Waals surface area (Å²) in [4.78, 5) is 11.7. The normalized spacial score (nSPS) is 11.0. The number of ether oxygens (including phenoxy) is 1. The zero-order valence-electron chi connectivity index (χ0n) is 13.1. The predicted octanol–water partition coefficient (Wildman–Crippen LogP) is 4.95. The molecule has 2 N–H and O–H groups in total. The van der Waals surface area contributed by atoms with Crippen LogP contribution in [0.1, 0.15) is 12.0 Å². The van der Waals surface area contributed by atoms with Gasteiger partial charge in [-0.15, -0.1) is 0 Å². The molecule has 2 rings (SSSR count). The van der Waals surface area contributed by atoms with Gasteiger partial charge in [0.25, 0.3) is 0 Å². The molecule has 0 unspecified atom stereocenters. The van der Waals surface area contributed by atoms with E-state index in [4.69, 9.17) is 16.3 Å². The lowest BCUT2D eigenvalue weighted by Crippen LogP contribution is -2.30. The molecule has 0 aromatic heterocycles. The monoisotopic (exact) mass is 372 g/mol. The molecule has 0 radical (unpaired) electrons. The van der Waals surface area contributed by atoms with Crippen molar-refractivity contribution in [1.82, 2.24) is 5.32 Å². The zero-order chi connectivity index (χ0) is 18.3. The Kier molecular flexibility index (Phi) is 6.52. The second kappa shape index (κ2) is 8.62. The Morgan fingerprint density at radius 2 is 1.88 bits per heavy atom. The van der Waals surface area contributed by atoms with Crippen molar-refractivity contribution < 1.29 is 22.7 Å². The average Bonchev–Trinajstić information content (AvgIpc) is 2.55. The highest BCUT2D eigenvalue weighted by molar-refractivity contribution is 6.32. The summed E-state index contributed by atoms with van der Waals surface area (Å²) in [7, 11) is 0. The van der Waals surface area contributed by atoms with E-state index in [1.807, 2.05) is 0 Å². The van der Waals surface area contributed by atoms with Gasteiger partial charge in [-0.1, -0.05) is 29.8 Å². The minimum atomic E-state index is -4.45. The summed E-state index contributed by atoms with van der Waals surface area (Å²) in [5.41, 5.74) is -0.752. The molecule has 2 aromatic carbocycles. The van der Waals surface area contributed by atoms with Gasteiger partial charge in [0.1, 0.15) is 5.75 Å². The van der Waals surface area contributed by atoms with E-state index < -0.39 is 17.8 Å². The van der Waals surface area contributed by atoms with E-state index in [1.54, 1.807) is 24.3 Å². The number of hydrogen-bond acceptors (Lipinski definition) is 2. The van der Waals surface area contributed by atoms with Crippen molar-refractivity contribution in [3.8, 4) is 5.75 Å². The number of hydrogen-bond donors (Lipinski definition) is 2. The van der Waals surface area contributed by atoms with Crippen molar-refractivity contribution in [2.75, 3.05) is 18.5 Å². The van der Waals surface area contributed by atoms with Crippen LogP contribution in [0.5, 0.6) is 5.75 Å². The highest BCUT2D eigenvalue weighted by Gasteiger charge is 2.30. The summed E-state index contributed by atoms with van der Waals surface area (Å²) in [5.74, 6) is 0.553. The molecule has 0 heterocycles. The number of alkyl halides is 3. The second-order valence-electron chi connectivity index (χ2n) is 5.09. The van der Waals surface area contributed by atoms with E-state index in [1.165, 1.54) is 12.1 Å². The van der Waals surface area contributed by atoms with E-state index in [9.17, 15) is 18.0 Å². The fourth-order valence-corrected chi connectivity index (χ4v) is 2.16. The number of halogens is 4. The molecular weight excluding hydrogens is 357 g/mol. The van der Waals surface area contributed by atoms with Crippen molar-refractivity contribution in [3.05, 3.63) is 59.1 Å². The lowest BCUT2D eigenvalue weighted by atomic mass is 10.2. The van der Waals surface area contributed by atoms with Gasteiger partial charge >= 0.3 is 12.2 Å². The number of amides is 2. The summed E-state index contributed by atoms with van der Waals surface area (Å²) < 4.78 is 43.3. The van der Waals surface area contributed by atoms with Gasteiger partial charge in [0.05, 0.1) is 17.2 Å². The molecule has 2 aromatic rings. The van der Waals surface area contributed by atoms with Crippen LogP contribution in [0.15, 0.2) is 48.5 Å². The Balaban J connectivity index is 1.72. The minimum Gasteiger partial charge on any atom is -0.492 e. The van der Waals surface area contributed by atoms with Crippen LogP contribution >= 0.6 is 11.6 Å². The van der Waals surface area contributed by atoms with Gasteiger partial charge in [-0.3, -0.25) is 0 Å². The SMILES string of the molecule is O=C(NCCCOc1ccccc1Cl)Nc1cccc(C(F)(F)F)c1. The van der Waals surface area contributed by atoms with Crippen LogP contribution < -0.4 is 15.4 Å². The van der Waals surface area contributed by atoms with E-state index >= 15 is 0 Å². The predicted molar refractivity (Wildman–Crippen MR) is 90.0 cm³/mol. The summed E-state index contributed by atoms with van der Waals surface area (Å²) in [6, 6.07) is 10.9. The number of rotatable bonds is 6. The zero-order valence-corrected chi connectivity index (χ0v) is 13.8. The second-order valence-corrected chi connectivity index (χ2v) is 5.50. The average molecular weight is 373 g/mol. The van der Waals surface area contributed by atoms with Crippen LogP contribution in [0, 0.1) is 0 Å². The highest BCUT2D eigenvalue weighted by Crippen LogP contribution is 2.30. The number of carbonyl (C=O) groups is 1. The summed E-state index contributed by atoms with van der Waals surface area (Å²) >= 11 is 5.94. The highest BCUT2D eigenvalue weighted by atomic mass is 35.5. The molecule has 4 nitrogen and oxygen atoms in total. The fourth-order valence-electron chi connectivity index (χ4n) is 1.97. The van der Waals surface area contributed by atoms with Crippen LogP contribution in [-0.2, 0) is 6.18 Å². The van der Waals surface area contributed by atoms with Crippen molar-refractivity contribution in [1.29, 1.82) is 0 Å². The maximum atomic E-state index is 12.6. The van der Waals surface area contributed by atoms with Crippen LogP contribution in [0.4, 0.5) is 23.7 Å². The molecule has 25 heavy (non-hydrogen) atoms. The first-order valence-corrected chi connectivity index (χ1v) is 7.83. The van der Waals surface area contributed by atoms with Gasteiger partial charge in [-0.05, 0) is 36.8 Å². The number of nitrogens with one attached hydrogen (secondary N) is 2. The molecule has 2 amide bonds. The lowest BCUT2D eigenvalue weighted by Gasteiger charge is -2.11. The first kappa shape index (κ1) is 18.9. The molecule has 0 atom stereocenters. The van der Waals surface area contributed by atoms with Gasteiger partial charge < -0.3 is 15.4 Å². The van der Waals surface area contributed by atoms with E-state index in [0.29, 0.717) is 30.3 Å². The molecule has 134 valence electrons. The van der Waals surface area contributed by atoms with Crippen molar-refractivity contribution in [3.63, 3.8) is 0 Å². The molecule has 0 fully saturated rings. The summed E-state index contributed by atoms with van der Waals surface area (Å²) in [6.45, 7) is 0.642. The van der Waals surface area contributed by atoms with Crippen LogP contribution in [0.2, 0.25) is 5.02 Å². The third-order valence-electron chi connectivity index (χ3n) is 3.15. The maximum Gasteiger partial charge on any atom is 0.416 e. The minimum absolute atomic E-state index is 0.0691. The van der Waals surface area contributed by atoms with E-state index in [0.717, 1.165) is 12.1 Å². The quantitative estimate of drug-likeness (QED) is 0.705. The topological polar surface area (TPSA) is 50.4 Å². The molecular formula is C17H16ClF3N2O2. The Morgan fingerprint density at radius 3 is 2.60 bits per heavy atom. The first-order chi connectivity index (χ1) is 11.9. The molecule has 8 heteroatoms. The van der Waals surface area contributed by atoms with Crippen molar-refractivity contribution in [2.24, 2.45) is 0 Å². The first-order valence-electron chi connectivity index (χ1n) is 7.46. The van der Waals surface area contributed by atoms with E-state index in [2.05, 4.69) is 10.6 Å².